The van der Waals surface area contributed by atoms with Gasteiger partial charge >= 0.3 is 0 Å². The lowest BCUT2D eigenvalue weighted by Crippen LogP contribution is -2.42. The molecule has 0 radical (unpaired) electrons. The number of carbonyl (C=O) groups excluding carboxylic acids is 1. The number of fused-ring (bicyclic) bond motifs is 2. The van der Waals surface area contributed by atoms with E-state index < -0.39 is 0 Å². The molecular weight excluding hydrogens is 334 g/mol. The second kappa shape index (κ2) is 6.82. The molecule has 2 aliphatic rings. The van der Waals surface area contributed by atoms with Crippen molar-refractivity contribution in [3.8, 4) is 11.5 Å². The van der Waals surface area contributed by atoms with E-state index >= 15 is 0 Å². The third-order valence-electron chi connectivity index (χ3n) is 5.13. The van der Waals surface area contributed by atoms with Crippen molar-refractivity contribution in [2.24, 2.45) is 5.92 Å². The molecular formula is C19H21N3O4. The average Bonchev–Trinajstić information content (AvgIpc) is 2.90. The van der Waals surface area contributed by atoms with Gasteiger partial charge < -0.3 is 19.4 Å². The van der Waals surface area contributed by atoms with Crippen molar-refractivity contribution >= 4 is 5.91 Å². The number of nitrogens with zero attached hydrogens (tertiary/aromatic N) is 2. The zero-order valence-corrected chi connectivity index (χ0v) is 14.7. The minimum absolute atomic E-state index is 0.0719. The normalized spacial score (nSPS) is 19.0. The Hall–Kier alpha value is -2.83. The summed E-state index contributed by atoms with van der Waals surface area (Å²) in [6, 6.07) is 5.74. The number of aromatic nitrogens is 2. The number of amides is 1. The predicted molar refractivity (Wildman–Crippen MR) is 94.5 cm³/mol. The highest BCUT2D eigenvalue weighted by Gasteiger charge is 2.32. The first-order valence-corrected chi connectivity index (χ1v) is 8.80. The Kier molecular flexibility index (Phi) is 4.36. The first-order chi connectivity index (χ1) is 12.7. The zero-order chi connectivity index (χ0) is 18.1. The molecule has 1 aromatic heterocycles. The zero-order valence-electron chi connectivity index (χ0n) is 14.7. The van der Waals surface area contributed by atoms with Gasteiger partial charge in [0.05, 0.1) is 25.0 Å². The van der Waals surface area contributed by atoms with Gasteiger partial charge in [-0.25, -0.2) is 4.98 Å². The quantitative estimate of drug-likeness (QED) is 0.867. The lowest BCUT2D eigenvalue weighted by atomic mass is 9.95. The molecule has 1 atom stereocenters. The molecule has 136 valence electrons. The molecule has 0 bridgehead atoms. The number of benzene rings is 1. The van der Waals surface area contributed by atoms with E-state index in [9.17, 15) is 9.59 Å². The summed E-state index contributed by atoms with van der Waals surface area (Å²) in [6.07, 6.45) is 3.19. The Labute approximate surface area is 151 Å². The van der Waals surface area contributed by atoms with Crippen LogP contribution in [0.4, 0.5) is 0 Å². The Bertz CT molecular complexity index is 893. The average molecular weight is 355 g/mol. The van der Waals surface area contributed by atoms with E-state index in [0.717, 1.165) is 17.0 Å². The molecule has 4 rings (SSSR count). The highest BCUT2D eigenvalue weighted by Crippen LogP contribution is 2.36. The number of nitrogens with one attached hydrogen (secondary N) is 1. The van der Waals surface area contributed by atoms with Gasteiger partial charge in [0.2, 0.25) is 5.91 Å². The van der Waals surface area contributed by atoms with E-state index in [1.54, 1.807) is 7.11 Å². The van der Waals surface area contributed by atoms with Crippen molar-refractivity contribution in [3.63, 3.8) is 0 Å². The van der Waals surface area contributed by atoms with E-state index in [-0.39, 0.29) is 17.4 Å². The minimum atomic E-state index is -0.220. The minimum Gasteiger partial charge on any atom is -0.493 e. The fourth-order valence-corrected chi connectivity index (χ4v) is 3.73. The number of para-hydroxylation sites is 1. The van der Waals surface area contributed by atoms with Crippen molar-refractivity contribution in [1.82, 2.24) is 14.9 Å². The maximum absolute atomic E-state index is 13.0. The SMILES string of the molecule is COc1cccc2c1OC[C@@H](C(=O)N1CCc3nc[nH]c(=O)c3CC1)C2. The smallest absolute Gasteiger partial charge is 0.254 e. The van der Waals surface area contributed by atoms with Crippen molar-refractivity contribution in [1.29, 1.82) is 0 Å². The molecule has 0 fully saturated rings. The molecule has 0 spiro atoms. The van der Waals surface area contributed by atoms with Crippen molar-refractivity contribution in [2.45, 2.75) is 19.3 Å². The molecule has 0 aliphatic carbocycles. The molecule has 7 heteroatoms. The largest absolute Gasteiger partial charge is 0.493 e. The van der Waals surface area contributed by atoms with E-state index in [2.05, 4.69) is 9.97 Å². The molecule has 1 aromatic carbocycles. The lowest BCUT2D eigenvalue weighted by Gasteiger charge is -2.30. The third kappa shape index (κ3) is 2.94. The summed E-state index contributed by atoms with van der Waals surface area (Å²) in [5.41, 5.74) is 2.37. The van der Waals surface area contributed by atoms with Crippen LogP contribution in [0.25, 0.3) is 0 Å². The van der Waals surface area contributed by atoms with Gasteiger partial charge in [0, 0.05) is 25.1 Å². The number of hydrogen-bond acceptors (Lipinski definition) is 5. The van der Waals surface area contributed by atoms with Gasteiger partial charge in [0.1, 0.15) is 6.61 Å². The fraction of sp³-hybridized carbons (Fsp3) is 0.421. The summed E-state index contributed by atoms with van der Waals surface area (Å²) in [5, 5.41) is 0. The van der Waals surface area contributed by atoms with E-state index in [1.807, 2.05) is 23.1 Å². The van der Waals surface area contributed by atoms with Crippen molar-refractivity contribution < 1.29 is 14.3 Å². The van der Waals surface area contributed by atoms with Crippen LogP contribution in [0.2, 0.25) is 0 Å². The molecule has 2 aliphatic heterocycles. The van der Waals surface area contributed by atoms with Gasteiger partial charge in [-0.05, 0) is 24.5 Å². The monoisotopic (exact) mass is 355 g/mol. The van der Waals surface area contributed by atoms with Gasteiger partial charge in [-0.3, -0.25) is 9.59 Å². The second-order valence-corrected chi connectivity index (χ2v) is 6.64. The van der Waals surface area contributed by atoms with Crippen LogP contribution in [0.3, 0.4) is 0 Å². The summed E-state index contributed by atoms with van der Waals surface area (Å²) in [6.45, 7) is 1.44. The van der Waals surface area contributed by atoms with E-state index in [4.69, 9.17) is 9.47 Å². The third-order valence-corrected chi connectivity index (χ3v) is 5.13. The standard InChI is InChI=1S/C19H21N3O4/c1-25-16-4-2-3-12-9-13(10-26-17(12)16)19(24)22-7-5-14-15(6-8-22)20-11-21-18(14)23/h2-4,11,13H,5-10H2,1H3,(H,20,21,23)/t13-/m0/s1. The van der Waals surface area contributed by atoms with Gasteiger partial charge in [0.25, 0.3) is 5.56 Å². The van der Waals surface area contributed by atoms with Gasteiger partial charge in [-0.15, -0.1) is 0 Å². The van der Waals surface area contributed by atoms with Crippen LogP contribution < -0.4 is 15.0 Å². The lowest BCUT2D eigenvalue weighted by molar-refractivity contribution is -0.136. The molecule has 3 heterocycles. The molecule has 0 saturated carbocycles. The number of hydrogen-bond donors (Lipinski definition) is 1. The maximum Gasteiger partial charge on any atom is 0.254 e. The Morgan fingerprint density at radius 3 is 3.04 bits per heavy atom. The van der Waals surface area contributed by atoms with Crippen LogP contribution in [-0.4, -0.2) is 47.6 Å². The molecule has 1 amide bonds. The molecule has 7 nitrogen and oxygen atoms in total. The van der Waals surface area contributed by atoms with Crippen molar-refractivity contribution in [2.75, 3.05) is 26.8 Å². The summed E-state index contributed by atoms with van der Waals surface area (Å²) in [5.74, 6) is 1.28. The van der Waals surface area contributed by atoms with Crippen LogP contribution in [0, 0.1) is 5.92 Å². The van der Waals surface area contributed by atoms with Crippen molar-refractivity contribution in [3.05, 3.63) is 51.7 Å². The number of aromatic amines is 1. The van der Waals surface area contributed by atoms with Crippen LogP contribution in [0.15, 0.2) is 29.3 Å². The number of H-pyrrole nitrogens is 1. The molecule has 2 aromatic rings. The number of rotatable bonds is 2. The highest BCUT2D eigenvalue weighted by molar-refractivity contribution is 5.80. The van der Waals surface area contributed by atoms with Crippen LogP contribution in [-0.2, 0) is 24.1 Å². The first kappa shape index (κ1) is 16.6. The Morgan fingerprint density at radius 2 is 2.19 bits per heavy atom. The fourth-order valence-electron chi connectivity index (χ4n) is 3.73. The Balaban J connectivity index is 1.49. The van der Waals surface area contributed by atoms with Gasteiger partial charge in [-0.2, -0.15) is 0 Å². The molecule has 0 unspecified atom stereocenters. The van der Waals surface area contributed by atoms with Gasteiger partial charge in [0.15, 0.2) is 11.5 Å². The summed E-state index contributed by atoms with van der Waals surface area (Å²) < 4.78 is 11.2. The molecule has 26 heavy (non-hydrogen) atoms. The highest BCUT2D eigenvalue weighted by atomic mass is 16.5. The molecule has 0 saturated heterocycles. The Morgan fingerprint density at radius 1 is 1.35 bits per heavy atom. The number of carbonyl (C=O) groups is 1. The second-order valence-electron chi connectivity index (χ2n) is 6.64. The van der Waals surface area contributed by atoms with Crippen LogP contribution in [0.5, 0.6) is 11.5 Å². The predicted octanol–water partition coefficient (Wildman–Crippen LogP) is 0.957. The topological polar surface area (TPSA) is 84.5 Å². The first-order valence-electron chi connectivity index (χ1n) is 8.80. The summed E-state index contributed by atoms with van der Waals surface area (Å²) in [4.78, 5) is 33.7. The number of ether oxygens (including phenoxy) is 2. The summed E-state index contributed by atoms with van der Waals surface area (Å²) >= 11 is 0. The summed E-state index contributed by atoms with van der Waals surface area (Å²) in [7, 11) is 1.61. The van der Waals surface area contributed by atoms with E-state index in [1.165, 1.54) is 6.33 Å². The van der Waals surface area contributed by atoms with E-state index in [0.29, 0.717) is 50.3 Å². The number of methoxy groups -OCH3 is 1. The van der Waals surface area contributed by atoms with Gasteiger partial charge in [-0.1, -0.05) is 12.1 Å². The van der Waals surface area contributed by atoms with Crippen LogP contribution in [0.1, 0.15) is 16.8 Å². The van der Waals surface area contributed by atoms with Crippen LogP contribution >= 0.6 is 0 Å². The molecule has 1 N–H and O–H groups in total. The maximum atomic E-state index is 13.0.